The number of carbonyl (C=O) groups excluding carboxylic acids is 1. The van der Waals surface area contributed by atoms with Crippen LogP contribution >= 0.6 is 0 Å². The Morgan fingerprint density at radius 1 is 1.10 bits per heavy atom. The van der Waals surface area contributed by atoms with E-state index in [1.54, 1.807) is 21.6 Å². The van der Waals surface area contributed by atoms with Crippen LogP contribution in [0.3, 0.4) is 0 Å². The lowest BCUT2D eigenvalue weighted by Crippen LogP contribution is -2.46. The number of amides is 1. The van der Waals surface area contributed by atoms with Crippen molar-refractivity contribution in [1.29, 1.82) is 5.26 Å². The van der Waals surface area contributed by atoms with E-state index in [1.807, 2.05) is 30.0 Å². The summed E-state index contributed by atoms with van der Waals surface area (Å²) in [7, 11) is 0. The van der Waals surface area contributed by atoms with Gasteiger partial charge in [-0.2, -0.15) is 5.26 Å². The van der Waals surface area contributed by atoms with Crippen LogP contribution in [0.2, 0.25) is 0 Å². The lowest BCUT2D eigenvalue weighted by molar-refractivity contribution is -0.118. The van der Waals surface area contributed by atoms with Crippen LogP contribution in [-0.4, -0.2) is 42.1 Å². The number of aromatic nitrogens is 1. The van der Waals surface area contributed by atoms with Gasteiger partial charge >= 0.3 is 0 Å². The first-order valence-corrected chi connectivity index (χ1v) is 9.78. The molecule has 2 heterocycles. The summed E-state index contributed by atoms with van der Waals surface area (Å²) in [5.74, 6) is -0.339. The molecular weight excluding hydrogens is 383 g/mol. The number of hydrogen-bond donors (Lipinski definition) is 0. The van der Waals surface area contributed by atoms with Crippen molar-refractivity contribution >= 4 is 23.0 Å². The van der Waals surface area contributed by atoms with Crippen molar-refractivity contribution in [2.45, 2.75) is 13.5 Å². The number of fused-ring (bicyclic) bond motifs is 1. The van der Waals surface area contributed by atoms with Crippen LogP contribution in [0, 0.1) is 24.1 Å². The minimum Gasteiger partial charge on any atom is -0.366 e. The monoisotopic (exact) mass is 404 g/mol. The Balaban J connectivity index is 1.90. The molecule has 0 saturated carbocycles. The van der Waals surface area contributed by atoms with Gasteiger partial charge < -0.3 is 14.4 Å². The topological polar surface area (TPSA) is 69.3 Å². The highest BCUT2D eigenvalue weighted by Gasteiger charge is 2.24. The maximum Gasteiger partial charge on any atom is 0.271 e. The molecule has 30 heavy (non-hydrogen) atoms. The Labute approximate surface area is 173 Å². The standard InChI is InChI=1S/C23H21FN4O2/c1-16-2-7-21-19(12-16)22(27-10-8-26(15-29)9-11-27)20(13-25)23(30)28(21)14-17-3-5-18(24)6-4-17/h2-7,12,15H,8-11,14H2,1H3. The SMILES string of the molecule is Cc1ccc2c(c1)c(N1CCN(C=O)CC1)c(C#N)c(=O)n2Cc1ccc(F)cc1. The van der Waals surface area contributed by atoms with Crippen molar-refractivity contribution < 1.29 is 9.18 Å². The number of carbonyl (C=O) groups is 1. The van der Waals surface area contributed by atoms with E-state index in [2.05, 4.69) is 6.07 Å². The van der Waals surface area contributed by atoms with Gasteiger partial charge in [0, 0.05) is 31.6 Å². The summed E-state index contributed by atoms with van der Waals surface area (Å²) in [4.78, 5) is 28.1. The van der Waals surface area contributed by atoms with Gasteiger partial charge in [-0.05, 0) is 36.8 Å². The summed E-state index contributed by atoms with van der Waals surface area (Å²) in [5, 5.41) is 10.7. The second-order valence-electron chi connectivity index (χ2n) is 7.50. The summed E-state index contributed by atoms with van der Waals surface area (Å²) >= 11 is 0. The van der Waals surface area contributed by atoms with E-state index in [1.165, 1.54) is 12.1 Å². The molecule has 0 bridgehead atoms. The van der Waals surface area contributed by atoms with Crippen LogP contribution in [0.4, 0.5) is 10.1 Å². The van der Waals surface area contributed by atoms with Crippen LogP contribution in [0.5, 0.6) is 0 Å². The molecule has 1 aliphatic heterocycles. The first-order valence-electron chi connectivity index (χ1n) is 9.78. The molecule has 0 atom stereocenters. The molecule has 0 N–H and O–H groups in total. The minimum atomic E-state index is -0.369. The van der Waals surface area contributed by atoms with Gasteiger partial charge in [-0.3, -0.25) is 9.59 Å². The van der Waals surface area contributed by atoms with Crippen molar-refractivity contribution in [3.8, 4) is 6.07 Å². The van der Waals surface area contributed by atoms with Crippen molar-refractivity contribution in [1.82, 2.24) is 9.47 Å². The number of pyridine rings is 1. The summed E-state index contributed by atoms with van der Waals surface area (Å²) < 4.78 is 14.9. The van der Waals surface area contributed by atoms with Gasteiger partial charge in [-0.25, -0.2) is 4.39 Å². The van der Waals surface area contributed by atoms with Crippen molar-refractivity contribution in [2.75, 3.05) is 31.1 Å². The molecule has 1 saturated heterocycles. The molecular formula is C23H21FN4O2. The number of nitriles is 1. The molecule has 2 aromatic carbocycles. The number of hydrogen-bond acceptors (Lipinski definition) is 4. The van der Waals surface area contributed by atoms with Crippen LogP contribution in [0.15, 0.2) is 47.3 Å². The Kier molecular flexibility index (Phi) is 5.23. The Morgan fingerprint density at radius 2 is 1.80 bits per heavy atom. The van der Waals surface area contributed by atoms with E-state index in [-0.39, 0.29) is 23.5 Å². The zero-order chi connectivity index (χ0) is 21.3. The van der Waals surface area contributed by atoms with E-state index in [0.717, 1.165) is 28.4 Å². The summed E-state index contributed by atoms with van der Waals surface area (Å²) in [6, 6.07) is 13.9. The first kappa shape index (κ1) is 19.6. The fraction of sp³-hybridized carbons (Fsp3) is 0.261. The molecule has 3 aromatic rings. The van der Waals surface area contributed by atoms with Crippen LogP contribution in [-0.2, 0) is 11.3 Å². The zero-order valence-electron chi connectivity index (χ0n) is 16.6. The predicted molar refractivity (Wildman–Crippen MR) is 113 cm³/mol. The van der Waals surface area contributed by atoms with E-state index in [0.29, 0.717) is 31.9 Å². The second-order valence-corrected chi connectivity index (χ2v) is 7.50. The van der Waals surface area contributed by atoms with Crippen LogP contribution in [0.1, 0.15) is 16.7 Å². The number of nitrogens with zero attached hydrogens (tertiary/aromatic N) is 4. The van der Waals surface area contributed by atoms with Gasteiger partial charge in [0.25, 0.3) is 5.56 Å². The van der Waals surface area contributed by atoms with E-state index in [4.69, 9.17) is 0 Å². The Morgan fingerprint density at radius 3 is 2.43 bits per heavy atom. The lowest BCUT2D eigenvalue weighted by Gasteiger charge is -2.35. The molecule has 6 nitrogen and oxygen atoms in total. The maximum atomic E-state index is 13.3. The largest absolute Gasteiger partial charge is 0.366 e. The Bertz CT molecular complexity index is 1200. The number of halogens is 1. The second kappa shape index (κ2) is 7.99. The molecule has 7 heteroatoms. The molecule has 1 amide bonds. The zero-order valence-corrected chi connectivity index (χ0v) is 16.6. The van der Waals surface area contributed by atoms with Gasteiger partial charge in [0.15, 0.2) is 0 Å². The number of piperazine rings is 1. The molecule has 0 unspecified atom stereocenters. The number of rotatable bonds is 4. The molecule has 4 rings (SSSR count). The van der Waals surface area contributed by atoms with Crippen molar-refractivity contribution in [3.05, 3.63) is 75.3 Å². The third kappa shape index (κ3) is 3.52. The number of anilines is 1. The average Bonchev–Trinajstić information content (AvgIpc) is 2.76. The van der Waals surface area contributed by atoms with Crippen molar-refractivity contribution in [2.24, 2.45) is 0 Å². The fourth-order valence-corrected chi connectivity index (χ4v) is 3.96. The van der Waals surface area contributed by atoms with Gasteiger partial charge in [0.2, 0.25) is 6.41 Å². The Hall–Kier alpha value is -3.66. The maximum absolute atomic E-state index is 13.3. The van der Waals surface area contributed by atoms with Gasteiger partial charge in [-0.1, -0.05) is 23.8 Å². The highest BCUT2D eigenvalue weighted by atomic mass is 19.1. The summed E-state index contributed by atoms with van der Waals surface area (Å²) in [6.45, 7) is 4.40. The average molecular weight is 404 g/mol. The van der Waals surface area contributed by atoms with Gasteiger partial charge in [0.05, 0.1) is 17.7 Å². The van der Waals surface area contributed by atoms with E-state index < -0.39 is 0 Å². The van der Waals surface area contributed by atoms with E-state index in [9.17, 15) is 19.2 Å². The van der Waals surface area contributed by atoms with Gasteiger partial charge in [-0.15, -0.1) is 0 Å². The van der Waals surface area contributed by atoms with Crippen LogP contribution in [0.25, 0.3) is 10.9 Å². The van der Waals surface area contributed by atoms with Crippen molar-refractivity contribution in [3.63, 3.8) is 0 Å². The first-order chi connectivity index (χ1) is 14.5. The molecule has 1 fully saturated rings. The van der Waals surface area contributed by atoms with Gasteiger partial charge in [0.1, 0.15) is 17.4 Å². The minimum absolute atomic E-state index is 0.0924. The summed E-state index contributed by atoms with van der Waals surface area (Å²) in [6.07, 6.45) is 0.825. The number of aryl methyl sites for hydroxylation is 1. The van der Waals surface area contributed by atoms with Crippen LogP contribution < -0.4 is 10.5 Å². The third-order valence-corrected chi connectivity index (χ3v) is 5.54. The fourth-order valence-electron chi connectivity index (χ4n) is 3.96. The molecule has 0 radical (unpaired) electrons. The summed E-state index contributed by atoms with van der Waals surface area (Å²) in [5.41, 5.74) is 2.87. The third-order valence-electron chi connectivity index (χ3n) is 5.54. The predicted octanol–water partition coefficient (Wildman–Crippen LogP) is 2.65. The highest BCUT2D eigenvalue weighted by molar-refractivity contribution is 5.95. The lowest BCUT2D eigenvalue weighted by atomic mass is 10.0. The molecule has 1 aliphatic rings. The number of benzene rings is 2. The molecule has 1 aromatic heterocycles. The molecule has 0 spiro atoms. The normalized spacial score (nSPS) is 14.0. The molecule has 0 aliphatic carbocycles. The highest BCUT2D eigenvalue weighted by Crippen LogP contribution is 2.30. The smallest absolute Gasteiger partial charge is 0.271 e. The van der Waals surface area contributed by atoms with E-state index >= 15 is 0 Å². The quantitative estimate of drug-likeness (QED) is 0.627. The molecule has 152 valence electrons.